The average molecular weight is 534 g/mol. The van der Waals surface area contributed by atoms with Crippen molar-refractivity contribution >= 4 is 34.4 Å². The van der Waals surface area contributed by atoms with Gasteiger partial charge >= 0.3 is 0 Å². The summed E-state index contributed by atoms with van der Waals surface area (Å²) in [5.41, 5.74) is 4.11. The molecular weight excluding hydrogens is 509 g/mol. The van der Waals surface area contributed by atoms with E-state index in [1.807, 2.05) is 40.5 Å². The molecule has 1 atom stereocenters. The van der Waals surface area contributed by atoms with E-state index < -0.39 is 5.82 Å². The molecule has 1 aliphatic heterocycles. The van der Waals surface area contributed by atoms with E-state index in [4.69, 9.17) is 26.1 Å². The Kier molecular flexibility index (Phi) is 6.42. The highest BCUT2D eigenvalue weighted by atomic mass is 35.5. The average Bonchev–Trinajstić information content (AvgIpc) is 3.55. The molecule has 4 heterocycles. The topological polar surface area (TPSA) is 91.9 Å². The Morgan fingerprint density at radius 3 is 2.74 bits per heavy atom. The summed E-state index contributed by atoms with van der Waals surface area (Å²) in [6.07, 6.45) is 8.04. The maximum atomic E-state index is 15.0. The lowest BCUT2D eigenvalue weighted by atomic mass is 10.1. The number of methoxy groups -OCH3 is 1. The van der Waals surface area contributed by atoms with Crippen LogP contribution in [0, 0.1) is 12.7 Å². The summed E-state index contributed by atoms with van der Waals surface area (Å²) in [5.74, 6) is 0.430. The SMILES string of the molecule is COc1cc(Nc2nc(-c3ccc(Cl)cc3F)c3ncn(C4CCCCO4)c3n2)ccc1-n1cnc(C)c1. The summed E-state index contributed by atoms with van der Waals surface area (Å²) < 4.78 is 30.5. The van der Waals surface area contributed by atoms with Gasteiger partial charge in [0.25, 0.3) is 0 Å². The molecule has 5 aromatic rings. The predicted octanol–water partition coefficient (Wildman–Crippen LogP) is 6.23. The second-order valence-corrected chi connectivity index (χ2v) is 9.54. The molecule has 0 spiro atoms. The number of anilines is 2. The highest BCUT2D eigenvalue weighted by Crippen LogP contribution is 2.34. The van der Waals surface area contributed by atoms with E-state index in [1.54, 1.807) is 31.9 Å². The molecule has 1 N–H and O–H groups in total. The number of hydrogen-bond acceptors (Lipinski definition) is 7. The van der Waals surface area contributed by atoms with Gasteiger partial charge in [0.1, 0.15) is 29.0 Å². The normalized spacial score (nSPS) is 15.6. The fourth-order valence-corrected chi connectivity index (χ4v) is 4.81. The fraction of sp³-hybridized carbons (Fsp3) is 0.259. The predicted molar refractivity (Wildman–Crippen MR) is 143 cm³/mol. The van der Waals surface area contributed by atoms with Crippen molar-refractivity contribution in [2.24, 2.45) is 0 Å². The summed E-state index contributed by atoms with van der Waals surface area (Å²) in [7, 11) is 1.61. The molecule has 194 valence electrons. The number of nitrogens with zero attached hydrogens (tertiary/aromatic N) is 6. The summed E-state index contributed by atoms with van der Waals surface area (Å²) >= 11 is 6.01. The van der Waals surface area contributed by atoms with Crippen molar-refractivity contribution in [3.05, 3.63) is 71.8 Å². The van der Waals surface area contributed by atoms with Crippen LogP contribution in [0.15, 0.2) is 55.2 Å². The van der Waals surface area contributed by atoms with E-state index in [0.717, 1.165) is 30.6 Å². The van der Waals surface area contributed by atoms with Crippen LogP contribution in [0.4, 0.5) is 16.0 Å². The minimum Gasteiger partial charge on any atom is -0.494 e. The second-order valence-electron chi connectivity index (χ2n) is 9.10. The minimum absolute atomic E-state index is 0.197. The molecule has 38 heavy (non-hydrogen) atoms. The maximum absolute atomic E-state index is 15.0. The number of halogens is 2. The van der Waals surface area contributed by atoms with Gasteiger partial charge in [-0.2, -0.15) is 4.98 Å². The van der Waals surface area contributed by atoms with Gasteiger partial charge in [0.05, 0.1) is 31.1 Å². The Bertz CT molecular complexity index is 1630. The number of hydrogen-bond donors (Lipinski definition) is 1. The first-order chi connectivity index (χ1) is 18.5. The van der Waals surface area contributed by atoms with E-state index in [1.165, 1.54) is 6.07 Å². The molecule has 0 radical (unpaired) electrons. The van der Waals surface area contributed by atoms with Gasteiger partial charge in [0.15, 0.2) is 5.65 Å². The molecule has 0 aliphatic carbocycles. The van der Waals surface area contributed by atoms with Crippen molar-refractivity contribution in [2.75, 3.05) is 19.0 Å². The summed E-state index contributed by atoms with van der Waals surface area (Å²) in [6.45, 7) is 2.60. The molecule has 0 amide bonds. The van der Waals surface area contributed by atoms with Crippen LogP contribution in [0.5, 0.6) is 5.75 Å². The molecule has 2 aromatic carbocycles. The lowest BCUT2D eigenvalue weighted by Gasteiger charge is -2.24. The van der Waals surface area contributed by atoms with E-state index in [-0.39, 0.29) is 17.7 Å². The number of aryl methyl sites for hydroxylation is 1. The quantitative estimate of drug-likeness (QED) is 0.276. The second kappa shape index (κ2) is 10.0. The Labute approximate surface area is 223 Å². The highest BCUT2D eigenvalue weighted by Gasteiger charge is 2.23. The van der Waals surface area contributed by atoms with Gasteiger partial charge < -0.3 is 19.4 Å². The van der Waals surface area contributed by atoms with E-state index >= 15 is 4.39 Å². The van der Waals surface area contributed by atoms with Gasteiger partial charge in [-0.15, -0.1) is 0 Å². The Hall–Kier alpha value is -4.02. The minimum atomic E-state index is -0.492. The largest absolute Gasteiger partial charge is 0.494 e. The van der Waals surface area contributed by atoms with Crippen LogP contribution in [0.2, 0.25) is 5.02 Å². The summed E-state index contributed by atoms with van der Waals surface area (Å²) in [6, 6.07) is 10.2. The fourth-order valence-electron chi connectivity index (χ4n) is 4.65. The summed E-state index contributed by atoms with van der Waals surface area (Å²) in [4.78, 5) is 18.3. The molecule has 0 bridgehead atoms. The molecule has 9 nitrogen and oxygen atoms in total. The van der Waals surface area contributed by atoms with Crippen molar-refractivity contribution in [1.82, 2.24) is 29.1 Å². The molecule has 11 heteroatoms. The molecule has 1 aliphatic rings. The van der Waals surface area contributed by atoms with E-state index in [2.05, 4.69) is 20.3 Å². The van der Waals surface area contributed by atoms with Gasteiger partial charge in [0, 0.05) is 35.1 Å². The molecular formula is C27H25ClFN7O2. The van der Waals surface area contributed by atoms with E-state index in [0.29, 0.717) is 39.9 Å². The number of ether oxygens (including phenoxy) is 2. The zero-order valence-corrected chi connectivity index (χ0v) is 21.6. The van der Waals surface area contributed by atoms with Crippen LogP contribution in [-0.4, -0.2) is 42.8 Å². The van der Waals surface area contributed by atoms with Crippen molar-refractivity contribution in [3.63, 3.8) is 0 Å². The molecule has 0 saturated carbocycles. The van der Waals surface area contributed by atoms with Crippen molar-refractivity contribution in [3.8, 4) is 22.7 Å². The number of nitrogens with one attached hydrogen (secondary N) is 1. The third kappa shape index (κ3) is 4.57. The first kappa shape index (κ1) is 24.3. The zero-order valence-electron chi connectivity index (χ0n) is 20.9. The smallest absolute Gasteiger partial charge is 0.229 e. The van der Waals surface area contributed by atoms with Crippen LogP contribution in [0.3, 0.4) is 0 Å². The maximum Gasteiger partial charge on any atom is 0.229 e. The first-order valence-electron chi connectivity index (χ1n) is 12.3. The van der Waals surface area contributed by atoms with Gasteiger partial charge in [0.2, 0.25) is 5.95 Å². The lowest BCUT2D eigenvalue weighted by molar-refractivity contribution is -0.0298. The number of imidazole rings is 2. The number of rotatable bonds is 6. The van der Waals surface area contributed by atoms with Gasteiger partial charge in [-0.3, -0.25) is 4.57 Å². The third-order valence-electron chi connectivity index (χ3n) is 6.50. The van der Waals surface area contributed by atoms with Crippen molar-refractivity contribution in [1.29, 1.82) is 0 Å². The van der Waals surface area contributed by atoms with Crippen LogP contribution in [0.1, 0.15) is 31.2 Å². The van der Waals surface area contributed by atoms with Crippen molar-refractivity contribution in [2.45, 2.75) is 32.4 Å². The number of benzene rings is 2. The third-order valence-corrected chi connectivity index (χ3v) is 6.73. The van der Waals surface area contributed by atoms with Crippen LogP contribution in [0.25, 0.3) is 28.1 Å². The molecule has 1 saturated heterocycles. The number of aromatic nitrogens is 6. The number of fused-ring (bicyclic) bond motifs is 1. The molecule has 1 fully saturated rings. The van der Waals surface area contributed by atoms with Crippen molar-refractivity contribution < 1.29 is 13.9 Å². The van der Waals surface area contributed by atoms with E-state index in [9.17, 15) is 0 Å². The summed E-state index contributed by atoms with van der Waals surface area (Å²) in [5, 5.41) is 3.56. The Balaban J connectivity index is 1.44. The Morgan fingerprint density at radius 1 is 1.11 bits per heavy atom. The van der Waals surface area contributed by atoms with Crippen LogP contribution >= 0.6 is 11.6 Å². The zero-order chi connectivity index (χ0) is 26.2. The van der Waals surface area contributed by atoms with Gasteiger partial charge in [-0.05, 0) is 56.5 Å². The van der Waals surface area contributed by atoms with Crippen LogP contribution in [-0.2, 0) is 4.74 Å². The first-order valence-corrected chi connectivity index (χ1v) is 12.7. The Morgan fingerprint density at radius 2 is 2.00 bits per heavy atom. The van der Waals surface area contributed by atoms with Crippen LogP contribution < -0.4 is 10.1 Å². The standard InChI is InChI=1S/C27H25ClFN7O2/c1-16-13-35(14-30-16)21-9-7-18(12-22(21)37-2)32-27-33-24(19-8-6-17(28)11-20(19)29)25-26(34-27)36(15-31-25)23-5-3-4-10-38-23/h6-9,11-15,23H,3-5,10H2,1-2H3,(H,32,33,34). The van der Waals surface area contributed by atoms with Gasteiger partial charge in [-0.1, -0.05) is 11.6 Å². The molecule has 1 unspecified atom stereocenters. The highest BCUT2D eigenvalue weighted by molar-refractivity contribution is 6.30. The monoisotopic (exact) mass is 533 g/mol. The lowest BCUT2D eigenvalue weighted by Crippen LogP contribution is -2.18. The molecule has 3 aromatic heterocycles. The molecule has 6 rings (SSSR count). The van der Waals surface area contributed by atoms with Gasteiger partial charge in [-0.25, -0.2) is 19.3 Å².